The van der Waals surface area contributed by atoms with E-state index in [0.717, 1.165) is 43.9 Å². The summed E-state index contributed by atoms with van der Waals surface area (Å²) in [4.78, 5) is 23.4. The summed E-state index contributed by atoms with van der Waals surface area (Å²) in [6, 6.07) is 0. The van der Waals surface area contributed by atoms with E-state index < -0.39 is 0 Å². The van der Waals surface area contributed by atoms with Gasteiger partial charge in [-0.05, 0) is 43.4 Å². The lowest BCUT2D eigenvalue weighted by Crippen LogP contribution is -2.13. The fourth-order valence-corrected chi connectivity index (χ4v) is 6.44. The molecule has 0 aromatic carbocycles. The van der Waals surface area contributed by atoms with Crippen molar-refractivity contribution in [2.75, 3.05) is 13.2 Å². The number of carbonyl (C=O) groups excluding carboxylic acids is 2. The van der Waals surface area contributed by atoms with E-state index >= 15 is 0 Å². The summed E-state index contributed by atoms with van der Waals surface area (Å²) in [5.41, 5.74) is 0. The Labute approximate surface area is 315 Å². The largest absolute Gasteiger partial charge is 0.466 e. The fraction of sp³-hybridized carbons (Fsp3) is 0.957. The Hall–Kier alpha value is -1.06. The van der Waals surface area contributed by atoms with Gasteiger partial charge in [0, 0.05) is 12.8 Å². The average Bonchev–Trinajstić information content (AvgIpc) is 3.09. The molecular weight excluding hydrogens is 617 g/mol. The summed E-state index contributed by atoms with van der Waals surface area (Å²) in [7, 11) is 0. The minimum Gasteiger partial charge on any atom is -0.466 e. The first-order chi connectivity index (χ1) is 24.3. The molecule has 0 saturated carbocycles. The second kappa shape index (κ2) is 42.4. The summed E-state index contributed by atoms with van der Waals surface area (Å²) in [6.07, 6.45) is 39.9. The fourth-order valence-electron chi connectivity index (χ4n) is 6.44. The maximum Gasteiger partial charge on any atom is 0.305 e. The van der Waals surface area contributed by atoms with Gasteiger partial charge in [-0.1, -0.05) is 215 Å². The van der Waals surface area contributed by atoms with Crippen molar-refractivity contribution in [3.05, 3.63) is 0 Å². The molecule has 0 radical (unpaired) electrons. The van der Waals surface area contributed by atoms with E-state index in [1.807, 2.05) is 0 Å². The van der Waals surface area contributed by atoms with Crippen LogP contribution in [0.15, 0.2) is 0 Å². The Morgan fingerprint density at radius 2 is 0.760 bits per heavy atom. The molecule has 1 atom stereocenters. The van der Waals surface area contributed by atoms with E-state index in [-0.39, 0.29) is 11.9 Å². The van der Waals surface area contributed by atoms with Gasteiger partial charge in [-0.2, -0.15) is 0 Å². The van der Waals surface area contributed by atoms with Gasteiger partial charge in [-0.3, -0.25) is 9.59 Å². The second-order valence-corrected chi connectivity index (χ2v) is 16.3. The highest BCUT2D eigenvalue weighted by atomic mass is 16.5. The lowest BCUT2D eigenvalue weighted by Gasteiger charge is -2.14. The monoisotopic (exact) mass is 709 g/mol. The van der Waals surface area contributed by atoms with E-state index in [1.54, 1.807) is 0 Å². The van der Waals surface area contributed by atoms with Crippen molar-refractivity contribution >= 4 is 11.9 Å². The van der Waals surface area contributed by atoms with Crippen LogP contribution in [0.25, 0.3) is 0 Å². The highest BCUT2D eigenvalue weighted by molar-refractivity contribution is 5.69. The molecule has 4 nitrogen and oxygen atoms in total. The first-order valence-corrected chi connectivity index (χ1v) is 22.6. The summed E-state index contributed by atoms with van der Waals surface area (Å²) in [5.74, 6) is 2.21. The van der Waals surface area contributed by atoms with Crippen molar-refractivity contribution in [2.24, 2.45) is 17.8 Å². The number of hydrogen-bond donors (Lipinski definition) is 0. The maximum atomic E-state index is 11.8. The molecule has 0 spiro atoms. The maximum absolute atomic E-state index is 11.8. The van der Waals surface area contributed by atoms with Crippen LogP contribution in [0.1, 0.15) is 254 Å². The van der Waals surface area contributed by atoms with Crippen molar-refractivity contribution in [3.63, 3.8) is 0 Å². The van der Waals surface area contributed by atoms with Gasteiger partial charge < -0.3 is 9.47 Å². The Kier molecular flexibility index (Phi) is 43.2. The predicted octanol–water partition coefficient (Wildman–Crippen LogP) is 15.5. The molecule has 0 heterocycles. The quantitative estimate of drug-likeness (QED) is 0.0476. The van der Waals surface area contributed by atoms with Gasteiger partial charge in [0.1, 0.15) is 0 Å². The van der Waals surface area contributed by atoms with Crippen LogP contribution in [0.4, 0.5) is 0 Å². The molecule has 4 heteroatoms. The van der Waals surface area contributed by atoms with Crippen molar-refractivity contribution < 1.29 is 19.1 Å². The van der Waals surface area contributed by atoms with E-state index in [9.17, 15) is 9.59 Å². The molecule has 0 amide bonds. The summed E-state index contributed by atoms with van der Waals surface area (Å²) >= 11 is 0. The highest BCUT2D eigenvalue weighted by Crippen LogP contribution is 2.16. The van der Waals surface area contributed by atoms with Crippen molar-refractivity contribution in [2.45, 2.75) is 254 Å². The highest BCUT2D eigenvalue weighted by Gasteiger charge is 2.10. The number of unbranched alkanes of at least 4 members (excludes halogenated alkanes) is 22. The number of esters is 2. The third kappa shape index (κ3) is 45.0. The molecule has 0 aliphatic carbocycles. The summed E-state index contributed by atoms with van der Waals surface area (Å²) < 4.78 is 10.8. The first kappa shape index (κ1) is 51.0. The Balaban J connectivity index is 0. The Morgan fingerprint density at radius 3 is 1.18 bits per heavy atom. The summed E-state index contributed by atoms with van der Waals surface area (Å²) in [5, 5.41) is 0. The van der Waals surface area contributed by atoms with Gasteiger partial charge in [0.15, 0.2) is 0 Å². The summed E-state index contributed by atoms with van der Waals surface area (Å²) in [6.45, 7) is 17.1. The van der Waals surface area contributed by atoms with Crippen LogP contribution in [0.2, 0.25) is 0 Å². The standard InChI is InChI=1S/C24H48O2.C22H44O2/c1-4-7-9-10-11-12-13-14-15-16-17-18-19-21-24(25)26-22-23(6-3)20-8-5-2;1-20(2)16-12-9-7-5-6-8-10-15-19-24-22(23)18-14-11-13-17-21(3)4/h23H,4-22H2,1-3H3;20-21H,5-19H2,1-4H3. The molecule has 0 bridgehead atoms. The lowest BCUT2D eigenvalue weighted by molar-refractivity contribution is -0.145. The van der Waals surface area contributed by atoms with Gasteiger partial charge in [0.2, 0.25) is 0 Å². The van der Waals surface area contributed by atoms with Crippen LogP contribution in [-0.2, 0) is 19.1 Å². The third-order valence-electron chi connectivity index (χ3n) is 10.1. The minimum absolute atomic E-state index is 0.00435. The molecule has 0 fully saturated rings. The molecule has 0 aromatic rings. The zero-order chi connectivity index (χ0) is 37.3. The van der Waals surface area contributed by atoms with Gasteiger partial charge >= 0.3 is 11.9 Å². The van der Waals surface area contributed by atoms with Gasteiger partial charge in [-0.15, -0.1) is 0 Å². The third-order valence-corrected chi connectivity index (χ3v) is 10.1. The lowest BCUT2D eigenvalue weighted by atomic mass is 10.0. The number of rotatable bonds is 37. The molecule has 0 aromatic heterocycles. The van der Waals surface area contributed by atoms with Crippen molar-refractivity contribution in [1.29, 1.82) is 0 Å². The van der Waals surface area contributed by atoms with Crippen molar-refractivity contribution in [3.8, 4) is 0 Å². The molecule has 0 rings (SSSR count). The SMILES string of the molecule is CC(C)CCCCCCCCCCOC(=O)CCCCCC(C)C.CCCCCCCCCCCCCCCC(=O)OCC(CC)CCCC. The average molecular weight is 709 g/mol. The normalized spacial score (nSPS) is 11.9. The van der Waals surface area contributed by atoms with Crippen LogP contribution in [0.3, 0.4) is 0 Å². The first-order valence-electron chi connectivity index (χ1n) is 22.6. The minimum atomic E-state index is 0.00435. The van der Waals surface area contributed by atoms with Crippen LogP contribution in [0, 0.1) is 17.8 Å². The van der Waals surface area contributed by atoms with Crippen LogP contribution < -0.4 is 0 Å². The number of carbonyl (C=O) groups is 2. The van der Waals surface area contributed by atoms with Crippen LogP contribution >= 0.6 is 0 Å². The predicted molar refractivity (Wildman–Crippen MR) is 220 cm³/mol. The van der Waals surface area contributed by atoms with Crippen molar-refractivity contribution in [1.82, 2.24) is 0 Å². The molecule has 300 valence electrons. The Bertz CT molecular complexity index is 673. The van der Waals surface area contributed by atoms with Gasteiger partial charge in [0.05, 0.1) is 13.2 Å². The molecule has 0 aliphatic rings. The molecule has 0 saturated heterocycles. The van der Waals surface area contributed by atoms with E-state index in [4.69, 9.17) is 9.47 Å². The number of hydrogen-bond acceptors (Lipinski definition) is 4. The zero-order valence-corrected chi connectivity index (χ0v) is 35.4. The van der Waals surface area contributed by atoms with E-state index in [1.165, 1.54) is 161 Å². The molecule has 50 heavy (non-hydrogen) atoms. The van der Waals surface area contributed by atoms with Gasteiger partial charge in [-0.25, -0.2) is 0 Å². The van der Waals surface area contributed by atoms with E-state index in [2.05, 4.69) is 48.5 Å². The smallest absolute Gasteiger partial charge is 0.305 e. The molecule has 0 N–H and O–H groups in total. The number of ether oxygens (including phenoxy) is 2. The Morgan fingerprint density at radius 1 is 0.400 bits per heavy atom. The second-order valence-electron chi connectivity index (χ2n) is 16.3. The van der Waals surface area contributed by atoms with Gasteiger partial charge in [0.25, 0.3) is 0 Å². The molecular formula is C46H92O4. The topological polar surface area (TPSA) is 52.6 Å². The molecule has 1 unspecified atom stereocenters. The molecule has 0 aliphatic heterocycles. The zero-order valence-electron chi connectivity index (χ0n) is 35.4. The van der Waals surface area contributed by atoms with Crippen LogP contribution in [-0.4, -0.2) is 25.2 Å². The van der Waals surface area contributed by atoms with Crippen LogP contribution in [0.5, 0.6) is 0 Å². The van der Waals surface area contributed by atoms with E-state index in [0.29, 0.717) is 32.0 Å².